The fraction of sp³-hybridized carbons (Fsp3) is 0.857. The van der Waals surface area contributed by atoms with Crippen molar-refractivity contribution < 1.29 is 28.6 Å². The van der Waals surface area contributed by atoms with Crippen molar-refractivity contribution in [3.63, 3.8) is 0 Å². The Bertz CT molecular complexity index is 1430. The summed E-state index contributed by atoms with van der Waals surface area (Å²) in [5.74, 6) is -0.841. The Morgan fingerprint density at radius 3 is 0.663 bits per heavy atom. The number of rotatable bonds is 69. The van der Waals surface area contributed by atoms with Crippen LogP contribution in [0.2, 0.25) is 0 Å². The Morgan fingerprint density at radius 2 is 0.434 bits per heavy atom. The van der Waals surface area contributed by atoms with Crippen LogP contribution >= 0.6 is 0 Å². The lowest BCUT2D eigenvalue weighted by molar-refractivity contribution is -0.167. The Labute approximate surface area is 518 Å². The van der Waals surface area contributed by atoms with Gasteiger partial charge in [0, 0.05) is 19.3 Å². The first-order valence-electron chi connectivity index (χ1n) is 37.1. The lowest BCUT2D eigenvalue weighted by Crippen LogP contribution is -2.30. The number of carbonyl (C=O) groups excluding carboxylic acids is 3. The van der Waals surface area contributed by atoms with Gasteiger partial charge in [0.2, 0.25) is 0 Å². The monoisotopic (exact) mass is 1160 g/mol. The minimum Gasteiger partial charge on any atom is -0.462 e. The maximum absolute atomic E-state index is 13.0. The van der Waals surface area contributed by atoms with E-state index in [1.54, 1.807) is 0 Å². The van der Waals surface area contributed by atoms with Crippen LogP contribution < -0.4 is 0 Å². The van der Waals surface area contributed by atoms with Gasteiger partial charge in [-0.15, -0.1) is 0 Å². The minimum absolute atomic E-state index is 0.0687. The van der Waals surface area contributed by atoms with Crippen molar-refractivity contribution in [2.45, 2.75) is 412 Å². The van der Waals surface area contributed by atoms with E-state index in [0.29, 0.717) is 19.3 Å². The molecule has 0 aromatic heterocycles. The molecular weight excluding hydrogens is 1020 g/mol. The van der Waals surface area contributed by atoms with Gasteiger partial charge in [-0.1, -0.05) is 352 Å². The summed E-state index contributed by atoms with van der Waals surface area (Å²) in [6.45, 7) is 6.70. The highest BCUT2D eigenvalue weighted by Crippen LogP contribution is 2.18. The van der Waals surface area contributed by atoms with Gasteiger partial charge in [0.15, 0.2) is 6.10 Å². The molecule has 6 heteroatoms. The van der Waals surface area contributed by atoms with Crippen LogP contribution in [0.5, 0.6) is 0 Å². The molecule has 0 aliphatic heterocycles. The highest BCUT2D eigenvalue weighted by Gasteiger charge is 2.19. The number of esters is 3. The largest absolute Gasteiger partial charge is 0.462 e. The first kappa shape index (κ1) is 80.4. The molecule has 1 unspecified atom stereocenters. The zero-order chi connectivity index (χ0) is 59.9. The van der Waals surface area contributed by atoms with Crippen molar-refractivity contribution in [1.82, 2.24) is 0 Å². The van der Waals surface area contributed by atoms with E-state index in [1.807, 2.05) is 0 Å². The van der Waals surface area contributed by atoms with Gasteiger partial charge in [-0.25, -0.2) is 0 Å². The number of unbranched alkanes of at least 4 members (excludes halogenated alkanes) is 50. The SMILES string of the molecule is CCCCCCC/C=C\C/C=C\CCCCCCCCCCCCCCCC(=O)OCC(COC(=O)CCCCCCCCCCCCCCCCCCC)OC(=O)CCCCCCCCCCCCC/C=C\C/C=C\CCCCCCC. The fourth-order valence-corrected chi connectivity index (χ4v) is 11.2. The third-order valence-electron chi connectivity index (χ3n) is 16.8. The zero-order valence-corrected chi connectivity index (χ0v) is 56.0. The van der Waals surface area contributed by atoms with Crippen molar-refractivity contribution in [3.05, 3.63) is 48.6 Å². The molecule has 0 spiro atoms. The summed E-state index contributed by atoms with van der Waals surface area (Å²) < 4.78 is 17.0. The highest BCUT2D eigenvalue weighted by atomic mass is 16.6. The molecule has 6 nitrogen and oxygen atoms in total. The molecule has 0 bridgehead atoms. The summed E-state index contributed by atoms with van der Waals surface area (Å²) in [5, 5.41) is 0. The van der Waals surface area contributed by atoms with Crippen LogP contribution in [0.3, 0.4) is 0 Å². The first-order valence-corrected chi connectivity index (χ1v) is 37.1. The van der Waals surface area contributed by atoms with Crippen molar-refractivity contribution in [2.24, 2.45) is 0 Å². The normalized spacial score (nSPS) is 12.3. The van der Waals surface area contributed by atoms with Crippen molar-refractivity contribution >= 4 is 17.9 Å². The predicted octanol–water partition coefficient (Wildman–Crippen LogP) is 25.7. The van der Waals surface area contributed by atoms with E-state index in [-0.39, 0.29) is 31.1 Å². The predicted molar refractivity (Wildman–Crippen MR) is 362 cm³/mol. The van der Waals surface area contributed by atoms with Gasteiger partial charge in [-0.3, -0.25) is 14.4 Å². The second-order valence-electron chi connectivity index (χ2n) is 25.2. The van der Waals surface area contributed by atoms with Crippen LogP contribution in [-0.4, -0.2) is 37.2 Å². The van der Waals surface area contributed by atoms with Crippen LogP contribution in [0.15, 0.2) is 48.6 Å². The second-order valence-corrected chi connectivity index (χ2v) is 25.2. The molecule has 0 aliphatic carbocycles. The van der Waals surface area contributed by atoms with Crippen molar-refractivity contribution in [1.29, 1.82) is 0 Å². The standard InChI is InChI=1S/C77H142O6/c1-4-7-10-13-16-19-22-25-28-31-33-35-37-38-40-41-43-46-49-52-55-58-61-64-67-70-76(79)82-73-74(72-81-75(78)69-66-63-60-57-54-51-48-45-30-27-24-21-18-15-12-9-6-3)83-77(80)71-68-65-62-59-56-53-50-47-44-42-39-36-34-32-29-26-23-20-17-14-11-8-5-2/h22-23,25-26,31-34,74H,4-21,24,27-30,35-73H2,1-3H3/b25-22-,26-23-,33-31-,34-32-. The van der Waals surface area contributed by atoms with E-state index >= 15 is 0 Å². The third-order valence-corrected chi connectivity index (χ3v) is 16.8. The molecule has 0 radical (unpaired) electrons. The van der Waals surface area contributed by atoms with Crippen LogP contribution in [0.1, 0.15) is 406 Å². The average Bonchev–Trinajstić information content (AvgIpc) is 3.49. The molecule has 0 amide bonds. The number of carbonyl (C=O) groups is 3. The molecule has 0 N–H and O–H groups in total. The molecule has 1 atom stereocenters. The average molecular weight is 1160 g/mol. The van der Waals surface area contributed by atoms with Crippen molar-refractivity contribution in [3.8, 4) is 0 Å². The van der Waals surface area contributed by atoms with Crippen LogP contribution in [0.25, 0.3) is 0 Å². The first-order chi connectivity index (χ1) is 41.0. The Hall–Kier alpha value is -2.63. The molecule has 0 aliphatic rings. The Kier molecular flexibility index (Phi) is 69.6. The number of hydrogen-bond acceptors (Lipinski definition) is 6. The molecule has 0 aromatic rings. The third kappa shape index (κ3) is 70.0. The fourth-order valence-electron chi connectivity index (χ4n) is 11.2. The summed E-state index contributed by atoms with van der Waals surface area (Å²) in [4.78, 5) is 38.5. The quantitative estimate of drug-likeness (QED) is 0.0261. The van der Waals surface area contributed by atoms with Crippen LogP contribution in [0.4, 0.5) is 0 Å². The topological polar surface area (TPSA) is 78.9 Å². The summed E-state index contributed by atoms with van der Waals surface area (Å²) in [6, 6.07) is 0. The van der Waals surface area contributed by atoms with E-state index < -0.39 is 6.10 Å². The summed E-state index contributed by atoms with van der Waals surface area (Å²) in [7, 11) is 0. The van der Waals surface area contributed by atoms with E-state index in [0.717, 1.165) is 70.6 Å². The Morgan fingerprint density at radius 1 is 0.241 bits per heavy atom. The van der Waals surface area contributed by atoms with Gasteiger partial charge in [-0.2, -0.15) is 0 Å². The van der Waals surface area contributed by atoms with Gasteiger partial charge in [0.1, 0.15) is 13.2 Å². The lowest BCUT2D eigenvalue weighted by atomic mass is 10.0. The number of allylic oxidation sites excluding steroid dienone is 8. The lowest BCUT2D eigenvalue weighted by Gasteiger charge is -2.18. The minimum atomic E-state index is -0.774. The molecule has 0 aromatic carbocycles. The summed E-state index contributed by atoms with van der Waals surface area (Å²) in [6.07, 6.45) is 91.4. The van der Waals surface area contributed by atoms with Gasteiger partial charge in [0.05, 0.1) is 0 Å². The van der Waals surface area contributed by atoms with E-state index in [1.165, 1.54) is 295 Å². The molecule has 0 rings (SSSR count). The molecule has 83 heavy (non-hydrogen) atoms. The van der Waals surface area contributed by atoms with Crippen molar-refractivity contribution in [2.75, 3.05) is 13.2 Å². The van der Waals surface area contributed by atoms with E-state index in [4.69, 9.17) is 14.2 Å². The van der Waals surface area contributed by atoms with E-state index in [9.17, 15) is 14.4 Å². The van der Waals surface area contributed by atoms with Gasteiger partial charge >= 0.3 is 17.9 Å². The van der Waals surface area contributed by atoms with Crippen LogP contribution in [0, 0.1) is 0 Å². The second kappa shape index (κ2) is 71.8. The number of ether oxygens (including phenoxy) is 3. The maximum atomic E-state index is 13.0. The highest BCUT2D eigenvalue weighted by molar-refractivity contribution is 5.71. The molecule has 0 heterocycles. The molecule has 0 fully saturated rings. The molecule has 486 valence electrons. The molecule has 0 saturated heterocycles. The Balaban J connectivity index is 4.30. The number of hydrogen-bond donors (Lipinski definition) is 0. The van der Waals surface area contributed by atoms with Gasteiger partial charge in [0.25, 0.3) is 0 Å². The summed E-state index contributed by atoms with van der Waals surface area (Å²) in [5.41, 5.74) is 0. The van der Waals surface area contributed by atoms with Gasteiger partial charge in [-0.05, 0) is 83.5 Å². The zero-order valence-electron chi connectivity index (χ0n) is 56.0. The summed E-state index contributed by atoms with van der Waals surface area (Å²) >= 11 is 0. The van der Waals surface area contributed by atoms with Crippen LogP contribution in [-0.2, 0) is 28.6 Å². The van der Waals surface area contributed by atoms with Gasteiger partial charge < -0.3 is 14.2 Å². The maximum Gasteiger partial charge on any atom is 0.306 e. The molecular formula is C77H142O6. The van der Waals surface area contributed by atoms with E-state index in [2.05, 4.69) is 69.4 Å². The smallest absolute Gasteiger partial charge is 0.306 e. The molecule has 0 saturated carbocycles.